The van der Waals surface area contributed by atoms with Gasteiger partial charge in [0.1, 0.15) is 5.69 Å². The van der Waals surface area contributed by atoms with Crippen molar-refractivity contribution in [3.05, 3.63) is 63.9 Å². The maximum atomic E-state index is 12.9. The van der Waals surface area contributed by atoms with E-state index in [1.165, 1.54) is 0 Å². The van der Waals surface area contributed by atoms with E-state index < -0.39 is 41.5 Å². The fraction of sp³-hybridized carbons (Fsp3) is 0.455. The number of benzene rings is 1. The van der Waals surface area contributed by atoms with Crippen LogP contribution in [0.25, 0.3) is 0 Å². The van der Waals surface area contributed by atoms with Crippen LogP contribution in [-0.4, -0.2) is 10.7 Å². The van der Waals surface area contributed by atoms with Gasteiger partial charge in [0.15, 0.2) is 6.10 Å². The Bertz CT molecular complexity index is 983. The van der Waals surface area contributed by atoms with Gasteiger partial charge in [0.05, 0.1) is 21.9 Å². The van der Waals surface area contributed by atoms with Crippen LogP contribution in [0.3, 0.4) is 0 Å². The number of alkyl halides is 9. The molecule has 1 aromatic carbocycles. The molecule has 2 unspecified atom stereocenters. The molecule has 1 aliphatic heterocycles. The second kappa shape index (κ2) is 11.0. The van der Waals surface area contributed by atoms with Crippen molar-refractivity contribution in [1.29, 1.82) is 0 Å². The number of oxime groups is 1. The summed E-state index contributed by atoms with van der Waals surface area (Å²) in [6.45, 7) is 4.00. The second-order valence-electron chi connectivity index (χ2n) is 7.31. The summed E-state index contributed by atoms with van der Waals surface area (Å²) in [6, 6.07) is 3.54. The smallest absolute Gasteiger partial charge is 0.387 e. The molecule has 35 heavy (non-hydrogen) atoms. The summed E-state index contributed by atoms with van der Waals surface area (Å²) in [5.41, 5.74) is -2.99. The zero-order chi connectivity index (χ0) is 26.6. The molecule has 1 aromatic heterocycles. The average molecular weight is 535 g/mol. The number of hydrogen-bond donors (Lipinski definition) is 0. The summed E-state index contributed by atoms with van der Waals surface area (Å²) < 4.78 is 113. The quantitative estimate of drug-likeness (QED) is 0.343. The van der Waals surface area contributed by atoms with Crippen LogP contribution < -0.4 is 0 Å². The zero-order valence-electron chi connectivity index (χ0n) is 18.3. The normalized spacial score (nSPS) is 19.5. The largest absolute Gasteiger partial charge is 0.433 e. The average Bonchev–Trinajstić information content (AvgIpc) is 3.38. The third kappa shape index (κ3) is 7.49. The lowest BCUT2D eigenvalue weighted by molar-refractivity contribution is -0.143. The summed E-state index contributed by atoms with van der Waals surface area (Å²) in [6.07, 6.45) is -11.9. The van der Waals surface area contributed by atoms with Crippen LogP contribution in [0.15, 0.2) is 41.7 Å². The third-order valence-corrected chi connectivity index (χ3v) is 5.20. The van der Waals surface area contributed by atoms with Crippen molar-refractivity contribution in [2.75, 3.05) is 0 Å². The topological polar surface area (TPSA) is 34.5 Å². The summed E-state index contributed by atoms with van der Waals surface area (Å²) >= 11 is 5.33. The molecule has 0 N–H and O–H groups in total. The van der Waals surface area contributed by atoms with E-state index in [0.29, 0.717) is 12.8 Å². The Morgan fingerprint density at radius 1 is 0.857 bits per heavy atom. The number of pyridine rings is 1. The van der Waals surface area contributed by atoms with Crippen molar-refractivity contribution in [3.63, 3.8) is 0 Å². The van der Waals surface area contributed by atoms with E-state index in [-0.39, 0.29) is 22.6 Å². The number of nitrogens with zero attached hydrogens (tertiary/aromatic N) is 2. The molecule has 1 fully saturated rings. The van der Waals surface area contributed by atoms with Crippen LogP contribution >= 0.6 is 11.6 Å². The molecule has 4 rings (SSSR count). The van der Waals surface area contributed by atoms with E-state index in [1.807, 2.05) is 13.8 Å². The first kappa shape index (κ1) is 28.7. The van der Waals surface area contributed by atoms with Gasteiger partial charge in [-0.3, -0.25) is 4.98 Å². The highest BCUT2D eigenvalue weighted by atomic mass is 35.5. The van der Waals surface area contributed by atoms with Crippen LogP contribution in [0.2, 0.25) is 5.02 Å². The number of aromatic nitrogens is 1. The van der Waals surface area contributed by atoms with Gasteiger partial charge < -0.3 is 4.84 Å². The molecule has 2 heterocycles. The summed E-state index contributed by atoms with van der Waals surface area (Å²) in [7, 11) is 0. The first-order valence-electron chi connectivity index (χ1n) is 10.4. The van der Waals surface area contributed by atoms with E-state index in [0.717, 1.165) is 42.6 Å². The Hall–Kier alpha value is -2.50. The maximum Gasteiger partial charge on any atom is 0.433 e. The van der Waals surface area contributed by atoms with Gasteiger partial charge in [0, 0.05) is 12.1 Å². The molecule has 0 saturated heterocycles. The van der Waals surface area contributed by atoms with Crippen LogP contribution in [-0.2, 0) is 23.4 Å². The molecule has 13 heteroatoms. The van der Waals surface area contributed by atoms with Crippen LogP contribution in [0.5, 0.6) is 0 Å². The minimum absolute atomic E-state index is 0.120. The lowest BCUT2D eigenvalue weighted by Crippen LogP contribution is -2.16. The lowest BCUT2D eigenvalue weighted by atomic mass is 9.91. The van der Waals surface area contributed by atoms with E-state index in [9.17, 15) is 39.5 Å². The molecule has 2 aliphatic rings. The van der Waals surface area contributed by atoms with E-state index in [2.05, 4.69) is 10.1 Å². The standard InChI is InChI=1S/C14H11F6NO.C6H3ClF3N.C2H6/c15-13(16,17)8-4-7(5-9(6-8)14(18,19)20)12-10-2-1-3-11(10)21-22-12;7-4-1-2-5(11-3-4)6(8,9)10;1-2/h4-6,10,12H,1-3H2;1-3H;1-2H3. The molecule has 0 radical (unpaired) electrons. The Kier molecular flexibility index (Phi) is 9.07. The number of halogens is 10. The van der Waals surface area contributed by atoms with Crippen molar-refractivity contribution in [2.24, 2.45) is 11.1 Å². The minimum atomic E-state index is -4.85. The van der Waals surface area contributed by atoms with Gasteiger partial charge in [-0.1, -0.05) is 30.6 Å². The van der Waals surface area contributed by atoms with Gasteiger partial charge in [-0.15, -0.1) is 0 Å². The van der Waals surface area contributed by atoms with E-state index in [4.69, 9.17) is 16.4 Å². The van der Waals surface area contributed by atoms with Crippen LogP contribution in [0.1, 0.15) is 61.6 Å². The Morgan fingerprint density at radius 3 is 1.89 bits per heavy atom. The number of fused-ring (bicyclic) bond motifs is 1. The van der Waals surface area contributed by atoms with Crippen molar-refractivity contribution in [1.82, 2.24) is 4.98 Å². The molecular formula is C22H20ClF9N2O. The molecule has 3 nitrogen and oxygen atoms in total. The zero-order valence-corrected chi connectivity index (χ0v) is 19.1. The molecule has 0 bridgehead atoms. The van der Waals surface area contributed by atoms with Crippen molar-refractivity contribution < 1.29 is 44.4 Å². The Morgan fingerprint density at radius 2 is 1.43 bits per heavy atom. The maximum absolute atomic E-state index is 12.9. The van der Waals surface area contributed by atoms with Crippen molar-refractivity contribution in [3.8, 4) is 0 Å². The molecule has 0 spiro atoms. The molecule has 2 atom stereocenters. The Balaban J connectivity index is 0.000000280. The van der Waals surface area contributed by atoms with Gasteiger partial charge in [0.25, 0.3) is 0 Å². The first-order valence-corrected chi connectivity index (χ1v) is 10.7. The summed E-state index contributed by atoms with van der Waals surface area (Å²) in [5.74, 6) is -0.232. The Labute approximate surface area is 199 Å². The molecule has 0 amide bonds. The van der Waals surface area contributed by atoms with Crippen molar-refractivity contribution in [2.45, 2.75) is 57.7 Å². The van der Waals surface area contributed by atoms with E-state index >= 15 is 0 Å². The predicted molar refractivity (Wildman–Crippen MR) is 111 cm³/mol. The van der Waals surface area contributed by atoms with Gasteiger partial charge in [-0.05, 0) is 55.2 Å². The third-order valence-electron chi connectivity index (χ3n) is 4.98. The fourth-order valence-electron chi connectivity index (χ4n) is 3.47. The highest BCUT2D eigenvalue weighted by Crippen LogP contribution is 2.44. The van der Waals surface area contributed by atoms with Gasteiger partial charge in [-0.25, -0.2) is 0 Å². The molecule has 2 aromatic rings. The van der Waals surface area contributed by atoms with Crippen LogP contribution in [0, 0.1) is 5.92 Å². The number of hydrogen-bond acceptors (Lipinski definition) is 3. The van der Waals surface area contributed by atoms with E-state index in [1.54, 1.807) is 0 Å². The molecule has 1 saturated carbocycles. The van der Waals surface area contributed by atoms with Gasteiger partial charge in [-0.2, -0.15) is 39.5 Å². The van der Waals surface area contributed by atoms with Crippen molar-refractivity contribution >= 4 is 17.3 Å². The summed E-state index contributed by atoms with van der Waals surface area (Å²) in [5, 5.41) is 3.99. The molecular weight excluding hydrogens is 515 g/mol. The monoisotopic (exact) mass is 534 g/mol. The highest BCUT2D eigenvalue weighted by molar-refractivity contribution is 6.30. The fourth-order valence-corrected chi connectivity index (χ4v) is 3.58. The molecule has 194 valence electrons. The molecule has 1 aliphatic carbocycles. The number of rotatable bonds is 1. The lowest BCUT2D eigenvalue weighted by Gasteiger charge is -2.19. The minimum Gasteiger partial charge on any atom is -0.387 e. The second-order valence-corrected chi connectivity index (χ2v) is 7.74. The highest BCUT2D eigenvalue weighted by Gasteiger charge is 2.42. The first-order chi connectivity index (χ1) is 16.2. The predicted octanol–water partition coefficient (Wildman–Crippen LogP) is 8.73. The van der Waals surface area contributed by atoms with Crippen LogP contribution in [0.4, 0.5) is 39.5 Å². The SMILES string of the molecule is CC.FC(F)(F)c1cc(C2ON=C3CCCC32)cc(C(F)(F)F)c1.FC(F)(F)c1ccc(Cl)cn1. The van der Waals surface area contributed by atoms with Gasteiger partial charge in [0.2, 0.25) is 0 Å². The van der Waals surface area contributed by atoms with Gasteiger partial charge >= 0.3 is 18.5 Å². The summed E-state index contributed by atoms with van der Waals surface area (Å²) in [4.78, 5) is 8.19.